The second-order valence-electron chi connectivity index (χ2n) is 7.37. The highest BCUT2D eigenvalue weighted by Gasteiger charge is 2.20. The molecule has 0 atom stereocenters. The maximum atomic E-state index is 12.5. The molecule has 6 nitrogen and oxygen atoms in total. The zero-order valence-electron chi connectivity index (χ0n) is 16.5. The molecule has 29 heavy (non-hydrogen) atoms. The smallest absolute Gasteiger partial charge is 0.243 e. The largest absolute Gasteiger partial charge is 0.398 e. The summed E-state index contributed by atoms with van der Waals surface area (Å²) in [6.07, 6.45) is 7.49. The third kappa shape index (κ3) is 5.46. The Hall–Kier alpha value is -2.18. The summed E-state index contributed by atoms with van der Waals surface area (Å²) in [5.41, 5.74) is 9.89. The van der Waals surface area contributed by atoms with E-state index in [0.717, 1.165) is 60.9 Å². The van der Waals surface area contributed by atoms with Crippen molar-refractivity contribution >= 4 is 53.6 Å². The molecule has 0 spiro atoms. The van der Waals surface area contributed by atoms with Gasteiger partial charge in [0.2, 0.25) is 5.91 Å². The number of rotatable bonds is 4. The van der Waals surface area contributed by atoms with E-state index in [9.17, 15) is 4.79 Å². The van der Waals surface area contributed by atoms with Crippen molar-refractivity contribution in [1.29, 1.82) is 0 Å². The van der Waals surface area contributed by atoms with E-state index in [0.29, 0.717) is 6.54 Å². The second-order valence-corrected chi connectivity index (χ2v) is 7.37. The van der Waals surface area contributed by atoms with Crippen LogP contribution in [0.25, 0.3) is 0 Å². The van der Waals surface area contributed by atoms with Crippen LogP contribution in [0.3, 0.4) is 0 Å². The average Bonchev–Trinajstić information content (AvgIpc) is 2.70. The van der Waals surface area contributed by atoms with Crippen LogP contribution < -0.4 is 20.9 Å². The van der Waals surface area contributed by atoms with Gasteiger partial charge in [-0.2, -0.15) is 0 Å². The van der Waals surface area contributed by atoms with Crippen molar-refractivity contribution in [2.75, 3.05) is 47.0 Å². The van der Waals surface area contributed by atoms with E-state index in [1.54, 1.807) is 6.20 Å². The predicted molar refractivity (Wildman–Crippen MR) is 125 cm³/mol. The fourth-order valence-electron chi connectivity index (χ4n) is 4.04. The maximum Gasteiger partial charge on any atom is 0.243 e. The van der Waals surface area contributed by atoms with E-state index in [4.69, 9.17) is 5.73 Å². The Labute approximate surface area is 184 Å². The molecule has 1 aromatic heterocycles. The molecule has 2 aromatic rings. The molecule has 8 heteroatoms. The van der Waals surface area contributed by atoms with Crippen LogP contribution in [-0.2, 0) is 11.2 Å². The van der Waals surface area contributed by atoms with E-state index >= 15 is 0 Å². The average molecular weight is 438 g/mol. The first-order chi connectivity index (χ1) is 13.2. The van der Waals surface area contributed by atoms with Crippen molar-refractivity contribution in [3.8, 4) is 0 Å². The van der Waals surface area contributed by atoms with E-state index in [1.165, 1.54) is 19.3 Å². The van der Waals surface area contributed by atoms with Crippen LogP contribution in [0.4, 0.5) is 22.9 Å². The summed E-state index contributed by atoms with van der Waals surface area (Å²) in [5.74, 6) is 0.964. The Bertz CT molecular complexity index is 809. The van der Waals surface area contributed by atoms with Gasteiger partial charge >= 0.3 is 0 Å². The number of carbonyl (C=O) groups excluding carboxylic acids is 1. The molecule has 3 N–H and O–H groups in total. The minimum absolute atomic E-state index is 0. The topological polar surface area (TPSA) is 74.5 Å². The third-order valence-electron chi connectivity index (χ3n) is 5.43. The lowest BCUT2D eigenvalue weighted by molar-refractivity contribution is -0.115. The molecule has 0 radical (unpaired) electrons. The molecule has 2 aliphatic heterocycles. The summed E-state index contributed by atoms with van der Waals surface area (Å²) in [7, 11) is 0. The minimum Gasteiger partial charge on any atom is -0.398 e. The van der Waals surface area contributed by atoms with E-state index in [-0.39, 0.29) is 30.7 Å². The number of benzene rings is 1. The maximum absolute atomic E-state index is 12.5. The van der Waals surface area contributed by atoms with Crippen LogP contribution in [-0.4, -0.2) is 37.1 Å². The van der Waals surface area contributed by atoms with Crippen LogP contribution in [0.1, 0.15) is 31.2 Å². The third-order valence-corrected chi connectivity index (χ3v) is 5.43. The Kier molecular flexibility index (Phi) is 8.41. The number of hydrogen-bond donors (Lipinski definition) is 2. The zero-order valence-corrected chi connectivity index (χ0v) is 18.1. The number of nitrogens with one attached hydrogen (secondary N) is 1. The molecule has 1 aromatic carbocycles. The Balaban J connectivity index is 0.00000150. The van der Waals surface area contributed by atoms with Gasteiger partial charge in [0.05, 0.1) is 18.4 Å². The van der Waals surface area contributed by atoms with Gasteiger partial charge in [-0.05, 0) is 61.9 Å². The highest BCUT2D eigenvalue weighted by atomic mass is 35.5. The molecular formula is C21H29Cl2N5O. The van der Waals surface area contributed by atoms with Gasteiger partial charge in [-0.3, -0.25) is 4.79 Å². The van der Waals surface area contributed by atoms with Gasteiger partial charge in [0.1, 0.15) is 5.82 Å². The number of nitrogens with two attached hydrogens (primary N) is 1. The van der Waals surface area contributed by atoms with Crippen molar-refractivity contribution in [2.45, 2.75) is 32.1 Å². The van der Waals surface area contributed by atoms with Gasteiger partial charge in [0, 0.05) is 31.0 Å². The van der Waals surface area contributed by atoms with Crippen LogP contribution in [0.5, 0.6) is 0 Å². The number of carbonyl (C=O) groups is 1. The molecule has 0 bridgehead atoms. The number of nitrogen functional groups attached to an aromatic ring is 1. The van der Waals surface area contributed by atoms with Crippen LogP contribution in [0.15, 0.2) is 36.5 Å². The highest BCUT2D eigenvalue weighted by Crippen LogP contribution is 2.31. The number of anilines is 4. The number of piperidine rings is 1. The molecule has 0 unspecified atom stereocenters. The fourth-order valence-corrected chi connectivity index (χ4v) is 4.04. The number of halogens is 2. The Morgan fingerprint density at radius 2 is 1.83 bits per heavy atom. The number of hydrogen-bond acceptors (Lipinski definition) is 5. The number of pyridine rings is 1. The van der Waals surface area contributed by atoms with Gasteiger partial charge in [0.25, 0.3) is 0 Å². The SMILES string of the molecule is Cl.Cl.Nc1cccc2c1CCCN2CC(=O)Nc1ccc(N2CCCCC2)nc1. The Morgan fingerprint density at radius 3 is 2.55 bits per heavy atom. The molecule has 3 heterocycles. The lowest BCUT2D eigenvalue weighted by Crippen LogP contribution is -2.37. The summed E-state index contributed by atoms with van der Waals surface area (Å²) in [6, 6.07) is 9.87. The minimum atomic E-state index is -0.0298. The van der Waals surface area contributed by atoms with Crippen molar-refractivity contribution < 1.29 is 4.79 Å². The molecular weight excluding hydrogens is 409 g/mol. The normalized spacial score (nSPS) is 15.6. The lowest BCUT2D eigenvalue weighted by Gasteiger charge is -2.31. The zero-order chi connectivity index (χ0) is 18.6. The summed E-state index contributed by atoms with van der Waals surface area (Å²) in [6.45, 7) is 3.33. The van der Waals surface area contributed by atoms with E-state index in [1.807, 2.05) is 30.3 Å². The molecule has 158 valence electrons. The van der Waals surface area contributed by atoms with Crippen LogP contribution in [0, 0.1) is 0 Å². The van der Waals surface area contributed by atoms with Crippen molar-refractivity contribution in [3.05, 3.63) is 42.1 Å². The predicted octanol–water partition coefficient (Wildman–Crippen LogP) is 3.89. The van der Waals surface area contributed by atoms with Gasteiger partial charge in [-0.1, -0.05) is 6.07 Å². The molecule has 1 fully saturated rings. The summed E-state index contributed by atoms with van der Waals surface area (Å²) in [5, 5.41) is 2.97. The van der Waals surface area contributed by atoms with Gasteiger partial charge < -0.3 is 20.9 Å². The number of nitrogens with zero attached hydrogens (tertiary/aromatic N) is 3. The number of aromatic nitrogens is 1. The van der Waals surface area contributed by atoms with Crippen molar-refractivity contribution in [2.24, 2.45) is 0 Å². The number of amides is 1. The van der Waals surface area contributed by atoms with Crippen molar-refractivity contribution in [3.63, 3.8) is 0 Å². The van der Waals surface area contributed by atoms with E-state index < -0.39 is 0 Å². The highest BCUT2D eigenvalue weighted by molar-refractivity contribution is 5.94. The molecule has 4 rings (SSSR count). The van der Waals surface area contributed by atoms with Gasteiger partial charge in [-0.25, -0.2) is 4.98 Å². The molecule has 1 amide bonds. The van der Waals surface area contributed by atoms with Gasteiger partial charge in [-0.15, -0.1) is 24.8 Å². The van der Waals surface area contributed by atoms with E-state index in [2.05, 4.69) is 20.1 Å². The molecule has 1 saturated heterocycles. The molecule has 0 aliphatic carbocycles. The molecule has 0 saturated carbocycles. The summed E-state index contributed by atoms with van der Waals surface area (Å²) in [4.78, 5) is 21.5. The van der Waals surface area contributed by atoms with Gasteiger partial charge in [0.15, 0.2) is 0 Å². The quantitative estimate of drug-likeness (QED) is 0.709. The monoisotopic (exact) mass is 437 g/mol. The second kappa shape index (κ2) is 10.6. The first-order valence-corrected chi connectivity index (χ1v) is 9.84. The first kappa shape index (κ1) is 23.1. The summed E-state index contributed by atoms with van der Waals surface area (Å²) >= 11 is 0. The van der Waals surface area contributed by atoms with Crippen LogP contribution >= 0.6 is 24.8 Å². The lowest BCUT2D eigenvalue weighted by atomic mass is 10.00. The molecule has 2 aliphatic rings. The number of fused-ring (bicyclic) bond motifs is 1. The first-order valence-electron chi connectivity index (χ1n) is 9.84. The van der Waals surface area contributed by atoms with Crippen molar-refractivity contribution in [1.82, 2.24) is 4.98 Å². The fraction of sp³-hybridized carbons (Fsp3) is 0.429. The Morgan fingerprint density at radius 1 is 1.03 bits per heavy atom. The standard InChI is InChI=1S/C21H27N5O.2ClH/c22-18-7-4-8-19-17(18)6-5-13-26(19)15-21(27)24-16-9-10-20(23-14-16)25-11-2-1-3-12-25;;/h4,7-10,14H,1-3,5-6,11-13,15,22H2,(H,24,27);2*1H. The van der Waals surface area contributed by atoms with Crippen LogP contribution in [0.2, 0.25) is 0 Å². The summed E-state index contributed by atoms with van der Waals surface area (Å²) < 4.78 is 0.